The zero-order chi connectivity index (χ0) is 10.5. The molecule has 78 valence electrons. The van der Waals surface area contributed by atoms with Crippen molar-refractivity contribution in [3.63, 3.8) is 0 Å². The average molecular weight is 219 g/mol. The zero-order valence-electron chi connectivity index (χ0n) is 6.79. The van der Waals surface area contributed by atoms with E-state index in [4.69, 9.17) is 0 Å². The van der Waals surface area contributed by atoms with Gasteiger partial charge in [-0.2, -0.15) is 13.2 Å². The molecule has 3 atom stereocenters. The quantitative estimate of drug-likeness (QED) is 0.574. The third-order valence-electron chi connectivity index (χ3n) is 1.93. The van der Waals surface area contributed by atoms with E-state index in [0.717, 1.165) is 6.92 Å². The number of halogens is 3. The molecule has 0 saturated carbocycles. The van der Waals surface area contributed by atoms with Crippen molar-refractivity contribution in [3.05, 3.63) is 0 Å². The van der Waals surface area contributed by atoms with Gasteiger partial charge in [-0.25, -0.2) is 0 Å². The third kappa shape index (κ3) is 1.74. The summed E-state index contributed by atoms with van der Waals surface area (Å²) < 4.78 is 55.3. The molecule has 0 aromatic heterocycles. The predicted octanol–water partition coefficient (Wildman–Crippen LogP) is 1.21. The van der Waals surface area contributed by atoms with Crippen LogP contribution in [0.15, 0.2) is 0 Å². The van der Waals surface area contributed by atoms with E-state index in [-0.39, 0.29) is 0 Å². The van der Waals surface area contributed by atoms with Gasteiger partial charge in [0.2, 0.25) is 0 Å². The highest BCUT2D eigenvalue weighted by Crippen LogP contribution is 2.58. The van der Waals surface area contributed by atoms with Crippen molar-refractivity contribution in [3.8, 4) is 0 Å². The van der Waals surface area contributed by atoms with Gasteiger partial charge in [0.15, 0.2) is 5.60 Å². The van der Waals surface area contributed by atoms with Crippen molar-refractivity contribution in [1.29, 1.82) is 0 Å². The number of alkyl halides is 3. The number of hydrogen-bond donors (Lipinski definition) is 0. The zero-order valence-corrected chi connectivity index (χ0v) is 7.69. The van der Waals surface area contributed by atoms with Gasteiger partial charge < -0.3 is 9.42 Å². The second kappa shape index (κ2) is 2.70. The van der Waals surface area contributed by atoms with Crippen molar-refractivity contribution >= 4 is 7.82 Å². The highest BCUT2D eigenvalue weighted by Gasteiger charge is 2.62. The predicted molar refractivity (Wildman–Crippen MR) is 33.7 cm³/mol. The van der Waals surface area contributed by atoms with E-state index in [9.17, 15) is 22.6 Å². The lowest BCUT2D eigenvalue weighted by molar-refractivity contribution is -0.261. The SMILES string of the molecule is CC1OP(=O)([O-])OC1(C)C(F)(F)F. The first-order valence-corrected chi connectivity index (χ1v) is 4.81. The highest BCUT2D eigenvalue weighted by atomic mass is 31.2. The van der Waals surface area contributed by atoms with Gasteiger partial charge in [0.25, 0.3) is 7.82 Å². The summed E-state index contributed by atoms with van der Waals surface area (Å²) in [7, 11) is -4.79. The number of rotatable bonds is 0. The fraction of sp³-hybridized carbons (Fsp3) is 1.00. The minimum Gasteiger partial charge on any atom is -0.756 e. The van der Waals surface area contributed by atoms with Crippen molar-refractivity contribution in [1.82, 2.24) is 0 Å². The van der Waals surface area contributed by atoms with Crippen LogP contribution in [0.2, 0.25) is 0 Å². The molecule has 0 bridgehead atoms. The van der Waals surface area contributed by atoms with Crippen LogP contribution in [0.5, 0.6) is 0 Å². The van der Waals surface area contributed by atoms with Crippen LogP contribution in [0.1, 0.15) is 13.8 Å². The molecule has 1 aliphatic heterocycles. The molecule has 13 heavy (non-hydrogen) atoms. The largest absolute Gasteiger partial charge is 0.756 e. The smallest absolute Gasteiger partial charge is 0.420 e. The third-order valence-corrected chi connectivity index (χ3v) is 3.10. The van der Waals surface area contributed by atoms with E-state index in [0.29, 0.717) is 6.92 Å². The maximum Gasteiger partial charge on any atom is 0.420 e. The second-order valence-corrected chi connectivity index (χ2v) is 4.18. The molecule has 1 aliphatic rings. The normalized spacial score (nSPS) is 46.8. The molecule has 8 heteroatoms. The second-order valence-electron chi connectivity index (χ2n) is 2.89. The van der Waals surface area contributed by atoms with E-state index >= 15 is 0 Å². The fourth-order valence-corrected chi connectivity index (χ4v) is 2.25. The Balaban J connectivity index is 3.01. The van der Waals surface area contributed by atoms with E-state index in [1.807, 2.05) is 0 Å². The van der Waals surface area contributed by atoms with Crippen LogP contribution >= 0.6 is 7.82 Å². The maximum atomic E-state index is 12.3. The molecular formula is C5H7F3O4P-. The maximum absolute atomic E-state index is 12.3. The van der Waals surface area contributed by atoms with E-state index in [1.165, 1.54) is 0 Å². The summed E-state index contributed by atoms with van der Waals surface area (Å²) in [5.41, 5.74) is -2.77. The molecule has 0 aromatic rings. The van der Waals surface area contributed by atoms with Gasteiger partial charge in [-0.3, -0.25) is 9.09 Å². The Morgan fingerprint density at radius 1 is 1.54 bits per heavy atom. The monoisotopic (exact) mass is 219 g/mol. The molecule has 1 saturated heterocycles. The topological polar surface area (TPSA) is 58.6 Å². The molecule has 4 nitrogen and oxygen atoms in total. The lowest BCUT2D eigenvalue weighted by Gasteiger charge is -2.28. The lowest BCUT2D eigenvalue weighted by Crippen LogP contribution is -2.48. The molecule has 3 unspecified atom stereocenters. The van der Waals surface area contributed by atoms with Gasteiger partial charge in [0.05, 0.1) is 0 Å². The van der Waals surface area contributed by atoms with Gasteiger partial charge >= 0.3 is 6.18 Å². The fourth-order valence-electron chi connectivity index (χ4n) is 0.904. The molecule has 0 spiro atoms. The first kappa shape index (κ1) is 11.0. The summed E-state index contributed by atoms with van der Waals surface area (Å²) in [6, 6.07) is 0. The molecule has 0 N–H and O–H groups in total. The van der Waals surface area contributed by atoms with Crippen LogP contribution in [0.25, 0.3) is 0 Å². The first-order valence-electron chi connectivity index (χ1n) is 3.35. The molecule has 0 amide bonds. The molecule has 1 heterocycles. The standard InChI is InChI=1S/C5H8F3O4P/c1-3-4(2,5(6,7)8)12-13(9,10)11-3/h3H,1-2H3,(H,9,10)/p-1. The summed E-state index contributed by atoms with van der Waals surface area (Å²) in [4.78, 5) is 10.6. The lowest BCUT2D eigenvalue weighted by atomic mass is 10.0. The minimum absolute atomic E-state index is 0.634. The summed E-state index contributed by atoms with van der Waals surface area (Å²) in [6.07, 6.45) is -6.33. The highest BCUT2D eigenvalue weighted by molar-refractivity contribution is 7.46. The summed E-state index contributed by atoms with van der Waals surface area (Å²) in [6.45, 7) is 1.63. The van der Waals surface area contributed by atoms with Crippen LogP contribution in [0.3, 0.4) is 0 Å². The Hall–Kier alpha value is -0.100. The van der Waals surface area contributed by atoms with Gasteiger partial charge in [0.1, 0.15) is 6.10 Å². The molecule has 0 radical (unpaired) electrons. The Morgan fingerprint density at radius 2 is 2.00 bits per heavy atom. The molecule has 0 aliphatic carbocycles. The molecular weight excluding hydrogens is 212 g/mol. The molecule has 1 fully saturated rings. The van der Waals surface area contributed by atoms with Crippen molar-refractivity contribution in [2.45, 2.75) is 31.7 Å². The van der Waals surface area contributed by atoms with Crippen molar-refractivity contribution in [2.75, 3.05) is 0 Å². The van der Waals surface area contributed by atoms with Crippen LogP contribution < -0.4 is 4.89 Å². The van der Waals surface area contributed by atoms with Crippen LogP contribution in [-0.4, -0.2) is 17.9 Å². The van der Waals surface area contributed by atoms with Gasteiger partial charge in [-0.05, 0) is 13.8 Å². The molecule has 1 rings (SSSR count). The first-order chi connectivity index (χ1) is 5.58. The van der Waals surface area contributed by atoms with Gasteiger partial charge in [0, 0.05) is 0 Å². The van der Waals surface area contributed by atoms with Crippen LogP contribution in [-0.2, 0) is 13.6 Å². The van der Waals surface area contributed by atoms with E-state index in [2.05, 4.69) is 9.05 Å². The number of hydrogen-bond acceptors (Lipinski definition) is 4. The Kier molecular flexibility index (Phi) is 2.28. The van der Waals surface area contributed by atoms with Gasteiger partial charge in [-0.15, -0.1) is 0 Å². The van der Waals surface area contributed by atoms with E-state index < -0.39 is 25.7 Å². The minimum atomic E-state index is -4.79. The van der Waals surface area contributed by atoms with Crippen LogP contribution in [0.4, 0.5) is 13.2 Å². The number of phosphoric acid groups is 1. The average Bonchev–Trinajstić information content (AvgIpc) is 2.00. The van der Waals surface area contributed by atoms with Crippen molar-refractivity contribution in [2.24, 2.45) is 0 Å². The number of phosphoric ester groups is 1. The van der Waals surface area contributed by atoms with E-state index in [1.54, 1.807) is 0 Å². The summed E-state index contributed by atoms with van der Waals surface area (Å²) >= 11 is 0. The molecule has 0 aromatic carbocycles. The Morgan fingerprint density at radius 3 is 2.15 bits per heavy atom. The Bertz CT molecular complexity index is 265. The van der Waals surface area contributed by atoms with Gasteiger partial charge in [-0.1, -0.05) is 0 Å². The van der Waals surface area contributed by atoms with Crippen molar-refractivity contribution < 1.29 is 31.7 Å². The van der Waals surface area contributed by atoms with Crippen LogP contribution in [0, 0.1) is 0 Å². The summed E-state index contributed by atoms with van der Waals surface area (Å²) in [5, 5.41) is 0. The Labute approximate surface area is 72.3 Å². The summed E-state index contributed by atoms with van der Waals surface area (Å²) in [5.74, 6) is 0.